The van der Waals surface area contributed by atoms with Crippen molar-refractivity contribution >= 4 is 21.9 Å². The van der Waals surface area contributed by atoms with E-state index >= 15 is 0 Å². The van der Waals surface area contributed by atoms with Crippen molar-refractivity contribution in [2.24, 2.45) is 4.99 Å². The predicted octanol–water partition coefficient (Wildman–Crippen LogP) is 0.725. The third-order valence-electron chi connectivity index (χ3n) is 3.99. The molecule has 1 rings (SSSR count). The topological polar surface area (TPSA) is 94.1 Å². The lowest BCUT2D eigenvalue weighted by Crippen LogP contribution is -2.39. The number of benzene rings is 1. The number of aliphatic imine (C=N–C) groups is 1. The summed E-state index contributed by atoms with van der Waals surface area (Å²) in [6.07, 6.45) is 1.91. The van der Waals surface area contributed by atoms with Gasteiger partial charge in [0, 0.05) is 52.9 Å². The zero-order chi connectivity index (χ0) is 20.4. The third-order valence-corrected chi connectivity index (χ3v) is 5.37. The highest BCUT2D eigenvalue weighted by atomic mass is 32.2. The number of carbonyl (C=O) groups excluding carboxylic acids is 1. The molecule has 0 aromatic heterocycles. The molecule has 0 aliphatic carbocycles. The zero-order valence-electron chi connectivity index (χ0n) is 16.8. The van der Waals surface area contributed by atoms with Crippen molar-refractivity contribution in [1.82, 2.24) is 19.8 Å². The largest absolute Gasteiger partial charge is 0.356 e. The molecule has 0 spiro atoms. The van der Waals surface area contributed by atoms with Gasteiger partial charge < -0.3 is 15.5 Å². The molecule has 0 saturated carbocycles. The summed E-state index contributed by atoms with van der Waals surface area (Å²) in [5.41, 5.74) is 1.68. The molecule has 0 aliphatic heterocycles. The Balaban J connectivity index is 2.43. The fraction of sp³-hybridized carbons (Fsp3) is 0.556. The average molecular weight is 398 g/mol. The second kappa shape index (κ2) is 10.9. The van der Waals surface area contributed by atoms with Crippen molar-refractivity contribution in [3.05, 3.63) is 35.4 Å². The van der Waals surface area contributed by atoms with Crippen molar-refractivity contribution in [2.75, 3.05) is 47.0 Å². The van der Waals surface area contributed by atoms with Crippen LogP contribution in [0, 0.1) is 0 Å². The zero-order valence-corrected chi connectivity index (χ0v) is 17.6. The molecule has 0 fully saturated rings. The number of sulfonamides is 1. The molecule has 1 aromatic carbocycles. The van der Waals surface area contributed by atoms with Crippen LogP contribution in [0.5, 0.6) is 0 Å². The number of hydrogen-bond acceptors (Lipinski definition) is 4. The molecule has 0 atom stereocenters. The van der Waals surface area contributed by atoms with Crippen molar-refractivity contribution in [2.45, 2.75) is 19.9 Å². The standard InChI is InChI=1S/C18H31N5O3S/c1-6-23(27(5,25)26)13-7-12-20-18(19-2)21-14-15-8-10-16(11-9-15)17(24)22(3)4/h8-11H,6-7,12-14H2,1-5H3,(H2,19,20,21). The number of rotatable bonds is 9. The minimum Gasteiger partial charge on any atom is -0.356 e. The molecule has 0 heterocycles. The molecule has 0 unspecified atom stereocenters. The highest BCUT2D eigenvalue weighted by molar-refractivity contribution is 7.88. The fourth-order valence-electron chi connectivity index (χ4n) is 2.45. The van der Waals surface area contributed by atoms with Gasteiger partial charge in [-0.05, 0) is 24.1 Å². The van der Waals surface area contributed by atoms with E-state index in [1.54, 1.807) is 38.2 Å². The van der Waals surface area contributed by atoms with Gasteiger partial charge in [-0.25, -0.2) is 12.7 Å². The van der Waals surface area contributed by atoms with Gasteiger partial charge in [-0.2, -0.15) is 0 Å². The van der Waals surface area contributed by atoms with Crippen LogP contribution in [-0.2, 0) is 16.6 Å². The number of amides is 1. The number of carbonyl (C=O) groups is 1. The first kappa shape index (κ1) is 22.9. The van der Waals surface area contributed by atoms with E-state index in [4.69, 9.17) is 0 Å². The lowest BCUT2D eigenvalue weighted by atomic mass is 10.1. The first-order valence-electron chi connectivity index (χ1n) is 8.89. The van der Waals surface area contributed by atoms with E-state index in [0.29, 0.717) is 44.1 Å². The van der Waals surface area contributed by atoms with E-state index in [1.807, 2.05) is 19.1 Å². The monoisotopic (exact) mass is 397 g/mol. The van der Waals surface area contributed by atoms with Crippen LogP contribution in [-0.4, -0.2) is 76.5 Å². The van der Waals surface area contributed by atoms with E-state index < -0.39 is 10.0 Å². The molecule has 0 saturated heterocycles. The van der Waals surface area contributed by atoms with Crippen LogP contribution in [0.15, 0.2) is 29.3 Å². The molecule has 1 amide bonds. The van der Waals surface area contributed by atoms with E-state index in [0.717, 1.165) is 5.56 Å². The number of nitrogens with one attached hydrogen (secondary N) is 2. The highest BCUT2D eigenvalue weighted by Crippen LogP contribution is 2.06. The van der Waals surface area contributed by atoms with Crippen LogP contribution >= 0.6 is 0 Å². The van der Waals surface area contributed by atoms with Gasteiger partial charge in [0.15, 0.2) is 5.96 Å². The molecule has 9 heteroatoms. The molecule has 1 aromatic rings. The fourth-order valence-corrected chi connectivity index (χ4v) is 3.38. The van der Waals surface area contributed by atoms with Crippen LogP contribution in [0.2, 0.25) is 0 Å². The molecular weight excluding hydrogens is 366 g/mol. The lowest BCUT2D eigenvalue weighted by Gasteiger charge is -2.18. The maximum atomic E-state index is 11.9. The normalized spacial score (nSPS) is 12.1. The maximum Gasteiger partial charge on any atom is 0.253 e. The van der Waals surface area contributed by atoms with E-state index in [1.165, 1.54) is 10.6 Å². The van der Waals surface area contributed by atoms with Gasteiger partial charge in [-0.3, -0.25) is 9.79 Å². The highest BCUT2D eigenvalue weighted by Gasteiger charge is 2.13. The Morgan fingerprint density at radius 2 is 1.78 bits per heavy atom. The lowest BCUT2D eigenvalue weighted by molar-refractivity contribution is 0.0827. The Bertz CT molecular complexity index is 730. The van der Waals surface area contributed by atoms with Gasteiger partial charge in [0.25, 0.3) is 5.91 Å². The summed E-state index contributed by atoms with van der Waals surface area (Å²) in [7, 11) is 1.98. The van der Waals surface area contributed by atoms with Gasteiger partial charge in [0.2, 0.25) is 10.0 Å². The summed E-state index contributed by atoms with van der Waals surface area (Å²) in [6, 6.07) is 7.42. The number of guanidine groups is 1. The van der Waals surface area contributed by atoms with Gasteiger partial charge in [0.05, 0.1) is 6.26 Å². The van der Waals surface area contributed by atoms with E-state index in [9.17, 15) is 13.2 Å². The smallest absolute Gasteiger partial charge is 0.253 e. The van der Waals surface area contributed by atoms with Gasteiger partial charge in [-0.1, -0.05) is 19.1 Å². The molecule has 0 radical (unpaired) electrons. The summed E-state index contributed by atoms with van der Waals surface area (Å²) in [4.78, 5) is 17.6. The molecule has 8 nitrogen and oxygen atoms in total. The predicted molar refractivity (Wildman–Crippen MR) is 109 cm³/mol. The first-order chi connectivity index (χ1) is 12.7. The maximum absolute atomic E-state index is 11.9. The molecule has 27 heavy (non-hydrogen) atoms. The number of hydrogen-bond donors (Lipinski definition) is 2. The van der Waals surface area contributed by atoms with Crippen LogP contribution in [0.25, 0.3) is 0 Å². The van der Waals surface area contributed by atoms with Crippen molar-refractivity contribution in [1.29, 1.82) is 0 Å². The minimum absolute atomic E-state index is 0.0257. The Morgan fingerprint density at radius 1 is 1.15 bits per heavy atom. The Hall–Kier alpha value is -2.13. The summed E-state index contributed by atoms with van der Waals surface area (Å²) in [5, 5.41) is 6.37. The summed E-state index contributed by atoms with van der Waals surface area (Å²) in [6.45, 7) is 3.95. The van der Waals surface area contributed by atoms with Crippen LogP contribution in [0.1, 0.15) is 29.3 Å². The van der Waals surface area contributed by atoms with Crippen LogP contribution in [0.4, 0.5) is 0 Å². The first-order valence-corrected chi connectivity index (χ1v) is 10.7. The van der Waals surface area contributed by atoms with E-state index in [-0.39, 0.29) is 5.91 Å². The summed E-state index contributed by atoms with van der Waals surface area (Å²) in [5.74, 6) is 0.619. The summed E-state index contributed by atoms with van der Waals surface area (Å²) < 4.78 is 24.6. The van der Waals surface area contributed by atoms with Crippen LogP contribution in [0.3, 0.4) is 0 Å². The molecule has 2 N–H and O–H groups in total. The average Bonchev–Trinajstić information content (AvgIpc) is 2.62. The second-order valence-electron chi connectivity index (χ2n) is 6.36. The van der Waals surface area contributed by atoms with E-state index in [2.05, 4.69) is 15.6 Å². The third kappa shape index (κ3) is 7.96. The second-order valence-corrected chi connectivity index (χ2v) is 8.34. The van der Waals surface area contributed by atoms with Gasteiger partial charge >= 0.3 is 0 Å². The molecule has 152 valence electrons. The summed E-state index contributed by atoms with van der Waals surface area (Å²) >= 11 is 0. The molecule has 0 aliphatic rings. The quantitative estimate of drug-likeness (QED) is 0.364. The minimum atomic E-state index is -3.15. The Labute approximate surface area is 162 Å². The molecular formula is C18H31N5O3S. The number of nitrogens with zero attached hydrogens (tertiary/aromatic N) is 3. The van der Waals surface area contributed by atoms with Crippen molar-refractivity contribution < 1.29 is 13.2 Å². The van der Waals surface area contributed by atoms with Crippen molar-refractivity contribution in [3.63, 3.8) is 0 Å². The molecule has 0 bridgehead atoms. The van der Waals surface area contributed by atoms with Crippen molar-refractivity contribution in [3.8, 4) is 0 Å². The van der Waals surface area contributed by atoms with Gasteiger partial charge in [-0.15, -0.1) is 0 Å². The Kier molecular flexibility index (Phi) is 9.23. The van der Waals surface area contributed by atoms with Gasteiger partial charge in [0.1, 0.15) is 0 Å². The Morgan fingerprint density at radius 3 is 2.26 bits per heavy atom. The SMILES string of the molecule is CCN(CCCNC(=NC)NCc1ccc(C(=O)N(C)C)cc1)S(C)(=O)=O. The van der Waals surface area contributed by atoms with Crippen LogP contribution < -0.4 is 10.6 Å².